The molecule has 3 heterocycles. The number of amidine groups is 1. The van der Waals surface area contributed by atoms with Gasteiger partial charge in [0.2, 0.25) is 5.96 Å². The summed E-state index contributed by atoms with van der Waals surface area (Å²) >= 11 is 0. The fraction of sp³-hybridized carbons (Fsp3) is 0.636. The Balaban J connectivity index is 1.89. The Hall–Kier alpha value is -1.84. The molecule has 1 fully saturated rings. The second-order valence-corrected chi connectivity index (χ2v) is 5.05. The molecule has 0 bridgehead atoms. The Labute approximate surface area is 114 Å². The van der Waals surface area contributed by atoms with Crippen LogP contribution in [0.4, 0.5) is 0 Å². The molecule has 20 heavy (non-hydrogen) atoms. The van der Waals surface area contributed by atoms with Crippen LogP contribution in [-0.4, -0.2) is 69.7 Å². The van der Waals surface area contributed by atoms with E-state index in [-0.39, 0.29) is 19.0 Å². The number of carbonyl (C=O) groups is 1. The Kier molecular flexibility index (Phi) is 2.85. The van der Waals surface area contributed by atoms with Gasteiger partial charge in [-0.3, -0.25) is 14.7 Å². The van der Waals surface area contributed by atoms with Gasteiger partial charge in [-0.05, 0) is 6.92 Å². The molecule has 0 aliphatic carbocycles. The number of nitrogens with zero attached hydrogens (tertiary/aromatic N) is 4. The van der Waals surface area contributed by atoms with Gasteiger partial charge in [0, 0.05) is 6.42 Å². The highest BCUT2D eigenvalue weighted by molar-refractivity contribution is 6.25. The predicted octanol–water partition coefficient (Wildman–Crippen LogP) is -2.19. The molecule has 3 rings (SSSR count). The minimum atomic E-state index is -1.20. The third-order valence-corrected chi connectivity index (χ3v) is 3.67. The van der Waals surface area contributed by atoms with E-state index in [9.17, 15) is 9.90 Å². The monoisotopic (exact) mass is 281 g/mol. The molecule has 0 radical (unpaired) electrons. The maximum Gasteiger partial charge on any atom is 0.284 e. The van der Waals surface area contributed by atoms with Crippen LogP contribution in [0, 0.1) is 0 Å². The van der Waals surface area contributed by atoms with Gasteiger partial charge in [0.25, 0.3) is 5.91 Å². The van der Waals surface area contributed by atoms with Crippen LogP contribution in [0.25, 0.3) is 0 Å². The first-order valence-electron chi connectivity index (χ1n) is 6.21. The summed E-state index contributed by atoms with van der Waals surface area (Å²) in [6.07, 6.45) is -0.285. The number of amides is 1. The lowest BCUT2D eigenvalue weighted by molar-refractivity contribution is -0.120. The van der Waals surface area contributed by atoms with E-state index in [0.717, 1.165) is 0 Å². The van der Waals surface area contributed by atoms with E-state index < -0.39 is 29.9 Å². The van der Waals surface area contributed by atoms with Gasteiger partial charge in [0.05, 0.1) is 19.0 Å². The number of aliphatic imine (C=N–C) groups is 3. The molecule has 0 aromatic heterocycles. The number of rotatable bonds is 2. The summed E-state index contributed by atoms with van der Waals surface area (Å²) in [7, 11) is 0. The molecule has 0 saturated carbocycles. The van der Waals surface area contributed by atoms with E-state index in [4.69, 9.17) is 15.6 Å². The van der Waals surface area contributed by atoms with Crippen LogP contribution in [0.15, 0.2) is 15.0 Å². The molecule has 9 nitrogen and oxygen atoms in total. The largest absolute Gasteiger partial charge is 0.394 e. The quantitative estimate of drug-likeness (QED) is 0.526. The minimum Gasteiger partial charge on any atom is -0.394 e. The van der Waals surface area contributed by atoms with E-state index in [1.807, 2.05) is 0 Å². The lowest BCUT2D eigenvalue weighted by atomic mass is 10.00. The Morgan fingerprint density at radius 3 is 3.00 bits per heavy atom. The normalized spacial score (nSPS) is 39.9. The standard InChI is InChI=1S/C11H15N5O4/c1-11-8(14-10(12)15-9(11)19)16(4-13-11)7-2-5(18)6(3-17)20-7/h4-7,17-18H,2-3H2,1H3,(H2,12,15,19)/t5-,6+,7+,11?/m0/s1. The molecular formula is C11H15N5O4. The maximum atomic E-state index is 11.9. The van der Waals surface area contributed by atoms with Gasteiger partial charge in [-0.15, -0.1) is 0 Å². The van der Waals surface area contributed by atoms with Crippen molar-refractivity contribution in [3.63, 3.8) is 0 Å². The molecule has 108 valence electrons. The molecule has 4 atom stereocenters. The first-order chi connectivity index (χ1) is 9.45. The third-order valence-electron chi connectivity index (χ3n) is 3.67. The summed E-state index contributed by atoms with van der Waals surface area (Å²) in [6, 6.07) is 0. The number of hydrogen-bond donors (Lipinski definition) is 3. The fourth-order valence-corrected chi connectivity index (χ4v) is 2.47. The number of fused-ring (bicyclic) bond motifs is 1. The highest BCUT2D eigenvalue weighted by atomic mass is 16.5. The van der Waals surface area contributed by atoms with E-state index >= 15 is 0 Å². The fourth-order valence-electron chi connectivity index (χ4n) is 2.47. The van der Waals surface area contributed by atoms with Crippen LogP contribution < -0.4 is 5.73 Å². The van der Waals surface area contributed by atoms with Gasteiger partial charge in [0.15, 0.2) is 11.4 Å². The van der Waals surface area contributed by atoms with Gasteiger partial charge >= 0.3 is 0 Å². The zero-order valence-electron chi connectivity index (χ0n) is 10.8. The van der Waals surface area contributed by atoms with Crippen molar-refractivity contribution in [1.82, 2.24) is 4.90 Å². The van der Waals surface area contributed by atoms with Crippen molar-refractivity contribution >= 4 is 24.0 Å². The van der Waals surface area contributed by atoms with E-state index in [1.165, 1.54) is 6.34 Å². The van der Waals surface area contributed by atoms with Gasteiger partial charge in [-0.25, -0.2) is 0 Å². The molecule has 4 N–H and O–H groups in total. The van der Waals surface area contributed by atoms with Crippen molar-refractivity contribution in [2.45, 2.75) is 37.3 Å². The number of hydrogen-bond acceptors (Lipinski definition) is 8. The van der Waals surface area contributed by atoms with E-state index in [2.05, 4.69) is 15.0 Å². The lowest BCUT2D eigenvalue weighted by Gasteiger charge is -2.29. The molecule has 0 aromatic carbocycles. The van der Waals surface area contributed by atoms with Crippen LogP contribution in [-0.2, 0) is 9.53 Å². The molecule has 3 aliphatic heterocycles. The Morgan fingerprint density at radius 2 is 2.35 bits per heavy atom. The molecule has 0 aromatic rings. The van der Waals surface area contributed by atoms with Crippen LogP contribution in [0.5, 0.6) is 0 Å². The smallest absolute Gasteiger partial charge is 0.284 e. The van der Waals surface area contributed by atoms with Crippen molar-refractivity contribution in [3.8, 4) is 0 Å². The predicted molar refractivity (Wildman–Crippen MR) is 69.2 cm³/mol. The average molecular weight is 281 g/mol. The highest BCUT2D eigenvalue weighted by Crippen LogP contribution is 2.31. The van der Waals surface area contributed by atoms with E-state index in [1.54, 1.807) is 11.8 Å². The number of carbonyl (C=O) groups excluding carboxylic acids is 1. The molecule has 3 aliphatic rings. The summed E-state index contributed by atoms with van der Waals surface area (Å²) in [5.41, 5.74) is 4.31. The highest BCUT2D eigenvalue weighted by Gasteiger charge is 2.51. The zero-order valence-corrected chi connectivity index (χ0v) is 10.8. The Bertz CT molecular complexity index is 545. The minimum absolute atomic E-state index is 0.129. The number of guanidine groups is 1. The van der Waals surface area contributed by atoms with Gasteiger partial charge in [0.1, 0.15) is 12.3 Å². The number of ether oxygens (including phenoxy) is 1. The lowest BCUT2D eigenvalue weighted by Crippen LogP contribution is -2.51. The van der Waals surface area contributed by atoms with Crippen molar-refractivity contribution in [3.05, 3.63) is 0 Å². The zero-order chi connectivity index (χ0) is 14.5. The SMILES string of the molecule is CC12N=CN([C@H]3C[C@H](O)[C@@H](CO)O3)C1=NC(N)=NC2=O. The van der Waals surface area contributed by atoms with Gasteiger partial charge < -0.3 is 20.7 Å². The summed E-state index contributed by atoms with van der Waals surface area (Å²) in [6.45, 7) is 1.31. The molecule has 1 unspecified atom stereocenters. The second-order valence-electron chi connectivity index (χ2n) is 5.05. The summed E-state index contributed by atoms with van der Waals surface area (Å²) < 4.78 is 5.53. The molecular weight excluding hydrogens is 266 g/mol. The van der Waals surface area contributed by atoms with Crippen LogP contribution in [0.2, 0.25) is 0 Å². The molecule has 0 spiro atoms. The average Bonchev–Trinajstić information content (AvgIpc) is 2.91. The van der Waals surface area contributed by atoms with E-state index in [0.29, 0.717) is 5.84 Å². The number of nitrogens with two attached hydrogens (primary N) is 1. The number of aliphatic hydroxyl groups is 2. The Morgan fingerprint density at radius 1 is 1.60 bits per heavy atom. The number of aliphatic hydroxyl groups excluding tert-OH is 2. The topological polar surface area (TPSA) is 133 Å². The van der Waals surface area contributed by atoms with Gasteiger partial charge in [-0.2, -0.15) is 9.98 Å². The van der Waals surface area contributed by atoms with Gasteiger partial charge in [-0.1, -0.05) is 0 Å². The van der Waals surface area contributed by atoms with Crippen molar-refractivity contribution in [2.75, 3.05) is 6.61 Å². The first kappa shape index (κ1) is 13.2. The maximum absolute atomic E-state index is 11.9. The molecule has 1 amide bonds. The molecule has 9 heteroatoms. The van der Waals surface area contributed by atoms with Crippen LogP contribution in [0.1, 0.15) is 13.3 Å². The van der Waals surface area contributed by atoms with Crippen molar-refractivity contribution in [1.29, 1.82) is 0 Å². The summed E-state index contributed by atoms with van der Waals surface area (Å²) in [4.78, 5) is 25.3. The summed E-state index contributed by atoms with van der Waals surface area (Å²) in [5.74, 6) is -0.294. The van der Waals surface area contributed by atoms with Crippen LogP contribution in [0.3, 0.4) is 0 Å². The third kappa shape index (κ3) is 1.74. The first-order valence-corrected chi connectivity index (χ1v) is 6.21. The second kappa shape index (κ2) is 4.33. The van der Waals surface area contributed by atoms with Crippen molar-refractivity contribution < 1.29 is 19.7 Å². The summed E-state index contributed by atoms with van der Waals surface area (Å²) in [5, 5.41) is 18.9. The van der Waals surface area contributed by atoms with Crippen molar-refractivity contribution in [2.24, 2.45) is 20.7 Å². The molecule has 1 saturated heterocycles. The van der Waals surface area contributed by atoms with Crippen LogP contribution >= 0.6 is 0 Å².